The van der Waals surface area contributed by atoms with E-state index in [1.807, 2.05) is 12.1 Å². The predicted octanol–water partition coefficient (Wildman–Crippen LogP) is 1.49. The number of nitrogens with zero attached hydrogens (tertiary/aromatic N) is 1. The Morgan fingerprint density at radius 3 is 2.77 bits per heavy atom. The molecule has 1 rings (SSSR count). The largest absolute Gasteiger partial charge is 0.468 e. The van der Waals surface area contributed by atoms with Gasteiger partial charge in [-0.25, -0.2) is 0 Å². The molecule has 1 aromatic rings. The summed E-state index contributed by atoms with van der Waals surface area (Å²) in [5, 5.41) is 3.32. The summed E-state index contributed by atoms with van der Waals surface area (Å²) >= 11 is 0. The first-order valence-corrected chi connectivity index (χ1v) is 4.66. The Balaban J connectivity index is 2.58. The fraction of sp³-hybridized carbons (Fsp3) is 0.600. The Labute approximate surface area is 79.7 Å². The van der Waals surface area contributed by atoms with Crippen LogP contribution in [0.25, 0.3) is 0 Å². The number of hydrogen-bond acceptors (Lipinski definition) is 3. The van der Waals surface area contributed by atoms with Crippen LogP contribution in [0.5, 0.6) is 0 Å². The number of likely N-dealkylation sites (N-methyl/N-ethyl adjacent to an activating group) is 2. The smallest absolute Gasteiger partial charge is 0.122 e. The van der Waals surface area contributed by atoms with E-state index < -0.39 is 0 Å². The lowest BCUT2D eigenvalue weighted by Gasteiger charge is -2.22. The van der Waals surface area contributed by atoms with Gasteiger partial charge >= 0.3 is 0 Å². The summed E-state index contributed by atoms with van der Waals surface area (Å²) < 4.78 is 5.37. The Morgan fingerprint density at radius 2 is 2.31 bits per heavy atom. The molecule has 0 bridgehead atoms. The lowest BCUT2D eigenvalue weighted by Crippen LogP contribution is -2.30. The maximum absolute atomic E-state index is 5.37. The van der Waals surface area contributed by atoms with Crippen molar-refractivity contribution in [3.63, 3.8) is 0 Å². The Morgan fingerprint density at radius 1 is 1.54 bits per heavy atom. The first-order valence-electron chi connectivity index (χ1n) is 4.66. The SMILES string of the molecule is CCNC[C@@H](c1ccco1)N(C)C. The summed E-state index contributed by atoms with van der Waals surface area (Å²) in [5.41, 5.74) is 0. The normalized spacial score (nSPS) is 13.5. The highest BCUT2D eigenvalue weighted by atomic mass is 16.3. The van der Waals surface area contributed by atoms with Gasteiger partial charge in [0.05, 0.1) is 12.3 Å². The Kier molecular flexibility index (Phi) is 3.99. The highest BCUT2D eigenvalue weighted by molar-refractivity contribution is 5.04. The maximum Gasteiger partial charge on any atom is 0.122 e. The van der Waals surface area contributed by atoms with Gasteiger partial charge < -0.3 is 9.73 Å². The molecule has 0 aliphatic rings. The number of nitrogens with one attached hydrogen (secondary N) is 1. The van der Waals surface area contributed by atoms with Crippen LogP contribution in [0.15, 0.2) is 22.8 Å². The van der Waals surface area contributed by atoms with E-state index in [2.05, 4.69) is 31.2 Å². The molecule has 0 aliphatic heterocycles. The van der Waals surface area contributed by atoms with Crippen molar-refractivity contribution in [2.45, 2.75) is 13.0 Å². The summed E-state index contributed by atoms with van der Waals surface area (Å²) in [7, 11) is 4.12. The number of furan rings is 1. The Hall–Kier alpha value is -0.800. The molecule has 0 aliphatic carbocycles. The van der Waals surface area contributed by atoms with E-state index in [9.17, 15) is 0 Å². The van der Waals surface area contributed by atoms with Crippen LogP contribution in [0.2, 0.25) is 0 Å². The van der Waals surface area contributed by atoms with E-state index in [0.717, 1.165) is 18.8 Å². The van der Waals surface area contributed by atoms with Crippen LogP contribution in [0.3, 0.4) is 0 Å². The van der Waals surface area contributed by atoms with Crippen LogP contribution in [-0.2, 0) is 0 Å². The molecular weight excluding hydrogens is 164 g/mol. The highest BCUT2D eigenvalue weighted by Gasteiger charge is 2.15. The minimum absolute atomic E-state index is 0.329. The van der Waals surface area contributed by atoms with Crippen LogP contribution in [0.1, 0.15) is 18.7 Å². The molecule has 1 N–H and O–H groups in total. The van der Waals surface area contributed by atoms with E-state index in [4.69, 9.17) is 4.42 Å². The van der Waals surface area contributed by atoms with E-state index in [1.165, 1.54) is 0 Å². The van der Waals surface area contributed by atoms with Gasteiger partial charge in [-0.05, 0) is 32.8 Å². The topological polar surface area (TPSA) is 28.4 Å². The van der Waals surface area contributed by atoms with Crippen molar-refractivity contribution in [1.29, 1.82) is 0 Å². The second-order valence-electron chi connectivity index (χ2n) is 3.30. The third kappa shape index (κ3) is 2.86. The van der Waals surface area contributed by atoms with Gasteiger partial charge in [-0.2, -0.15) is 0 Å². The molecule has 0 spiro atoms. The molecule has 1 aromatic heterocycles. The molecule has 0 saturated carbocycles. The van der Waals surface area contributed by atoms with Crippen LogP contribution in [0, 0.1) is 0 Å². The molecule has 0 fully saturated rings. The molecule has 1 heterocycles. The summed E-state index contributed by atoms with van der Waals surface area (Å²) in [6.45, 7) is 4.02. The van der Waals surface area contributed by atoms with Crippen LogP contribution >= 0.6 is 0 Å². The average Bonchev–Trinajstić information content (AvgIpc) is 2.57. The molecule has 0 amide bonds. The fourth-order valence-corrected chi connectivity index (χ4v) is 1.30. The lowest BCUT2D eigenvalue weighted by atomic mass is 10.2. The first kappa shape index (κ1) is 10.3. The minimum atomic E-state index is 0.329. The zero-order valence-corrected chi connectivity index (χ0v) is 8.58. The van der Waals surface area contributed by atoms with E-state index >= 15 is 0 Å². The molecule has 0 radical (unpaired) electrons. The molecule has 74 valence electrons. The van der Waals surface area contributed by atoms with Crippen molar-refractivity contribution in [3.05, 3.63) is 24.2 Å². The summed E-state index contributed by atoms with van der Waals surface area (Å²) in [6, 6.07) is 4.27. The molecular formula is C10H18N2O. The summed E-state index contributed by atoms with van der Waals surface area (Å²) in [4.78, 5) is 2.15. The third-order valence-corrected chi connectivity index (χ3v) is 2.08. The monoisotopic (exact) mass is 182 g/mol. The van der Waals surface area contributed by atoms with E-state index in [-0.39, 0.29) is 0 Å². The van der Waals surface area contributed by atoms with Crippen molar-refractivity contribution in [2.75, 3.05) is 27.2 Å². The predicted molar refractivity (Wildman–Crippen MR) is 53.7 cm³/mol. The van der Waals surface area contributed by atoms with Crippen LogP contribution < -0.4 is 5.32 Å². The first-order chi connectivity index (χ1) is 6.25. The summed E-state index contributed by atoms with van der Waals surface area (Å²) in [5.74, 6) is 1.02. The molecule has 0 unspecified atom stereocenters. The average molecular weight is 182 g/mol. The molecule has 3 nitrogen and oxygen atoms in total. The van der Waals surface area contributed by atoms with Gasteiger partial charge in [-0.1, -0.05) is 6.92 Å². The Bertz CT molecular complexity index is 219. The second kappa shape index (κ2) is 5.04. The number of rotatable bonds is 5. The van der Waals surface area contributed by atoms with E-state index in [0.29, 0.717) is 6.04 Å². The van der Waals surface area contributed by atoms with Crippen molar-refractivity contribution in [1.82, 2.24) is 10.2 Å². The molecule has 0 saturated heterocycles. The van der Waals surface area contributed by atoms with Crippen LogP contribution in [0.4, 0.5) is 0 Å². The quantitative estimate of drug-likeness (QED) is 0.748. The minimum Gasteiger partial charge on any atom is -0.468 e. The zero-order valence-electron chi connectivity index (χ0n) is 8.58. The van der Waals surface area contributed by atoms with Gasteiger partial charge in [-0.15, -0.1) is 0 Å². The van der Waals surface area contributed by atoms with Gasteiger partial charge in [0.2, 0.25) is 0 Å². The van der Waals surface area contributed by atoms with Crippen molar-refractivity contribution < 1.29 is 4.42 Å². The van der Waals surface area contributed by atoms with Crippen molar-refractivity contribution >= 4 is 0 Å². The highest BCUT2D eigenvalue weighted by Crippen LogP contribution is 2.17. The third-order valence-electron chi connectivity index (χ3n) is 2.08. The van der Waals surface area contributed by atoms with Gasteiger partial charge in [0.25, 0.3) is 0 Å². The van der Waals surface area contributed by atoms with E-state index in [1.54, 1.807) is 6.26 Å². The second-order valence-corrected chi connectivity index (χ2v) is 3.30. The van der Waals surface area contributed by atoms with Crippen molar-refractivity contribution in [2.24, 2.45) is 0 Å². The molecule has 13 heavy (non-hydrogen) atoms. The van der Waals surface area contributed by atoms with Gasteiger partial charge in [-0.3, -0.25) is 4.90 Å². The lowest BCUT2D eigenvalue weighted by molar-refractivity contribution is 0.252. The molecule has 1 atom stereocenters. The van der Waals surface area contributed by atoms with Gasteiger partial charge in [0.15, 0.2) is 0 Å². The molecule has 3 heteroatoms. The van der Waals surface area contributed by atoms with Crippen LogP contribution in [-0.4, -0.2) is 32.1 Å². The van der Waals surface area contributed by atoms with Crippen molar-refractivity contribution in [3.8, 4) is 0 Å². The summed E-state index contributed by atoms with van der Waals surface area (Å²) in [6.07, 6.45) is 1.72. The zero-order chi connectivity index (χ0) is 9.68. The van der Waals surface area contributed by atoms with Gasteiger partial charge in [0, 0.05) is 6.54 Å². The fourth-order valence-electron chi connectivity index (χ4n) is 1.30. The number of hydrogen-bond donors (Lipinski definition) is 1. The maximum atomic E-state index is 5.37. The standard InChI is InChI=1S/C10H18N2O/c1-4-11-8-9(12(2)3)10-6-5-7-13-10/h5-7,9,11H,4,8H2,1-3H3/t9-/m0/s1. The molecule has 0 aromatic carbocycles. The van der Waals surface area contributed by atoms with Gasteiger partial charge in [0.1, 0.15) is 5.76 Å².